The molecule has 0 saturated carbocycles. The highest BCUT2D eigenvalue weighted by Gasteiger charge is 2.22. The fourth-order valence-corrected chi connectivity index (χ4v) is 3.17. The number of urea groups is 1. The fourth-order valence-electron chi connectivity index (χ4n) is 3.17. The van der Waals surface area contributed by atoms with Crippen molar-refractivity contribution in [2.45, 2.75) is 6.92 Å². The van der Waals surface area contributed by atoms with Gasteiger partial charge in [-0.25, -0.2) is 4.79 Å². The Bertz CT molecular complexity index is 753. The van der Waals surface area contributed by atoms with Gasteiger partial charge in [0.15, 0.2) is 0 Å². The molecule has 1 saturated heterocycles. The van der Waals surface area contributed by atoms with Gasteiger partial charge < -0.3 is 24.8 Å². The van der Waals surface area contributed by atoms with Crippen LogP contribution in [0.1, 0.15) is 6.92 Å². The maximum atomic E-state index is 12.6. The van der Waals surface area contributed by atoms with Gasteiger partial charge in [0.25, 0.3) is 0 Å². The third-order valence-corrected chi connectivity index (χ3v) is 4.73. The lowest BCUT2D eigenvalue weighted by Crippen LogP contribution is -2.50. The first-order valence-electron chi connectivity index (χ1n) is 9.38. The molecule has 27 heavy (non-hydrogen) atoms. The Hall–Kier alpha value is -2.89. The number of piperazine rings is 1. The molecule has 0 spiro atoms. The standard InChI is InChI=1S/C21H28N4O2/c1-4-27-20-8-6-5-7-19(20)22-21(26)25-15-13-24(14-16-25)18-11-9-17(10-12-18)23(2)3/h5-12H,4,13-16H2,1-3H3,(H,22,26). The highest BCUT2D eigenvalue weighted by atomic mass is 16.5. The molecule has 0 radical (unpaired) electrons. The molecule has 6 heteroatoms. The molecular formula is C21H28N4O2. The van der Waals surface area contributed by atoms with Crippen molar-refractivity contribution in [1.82, 2.24) is 4.90 Å². The largest absolute Gasteiger partial charge is 0.492 e. The first-order chi connectivity index (χ1) is 13.1. The van der Waals surface area contributed by atoms with Gasteiger partial charge in [0.1, 0.15) is 5.75 Å². The number of para-hydroxylation sites is 2. The van der Waals surface area contributed by atoms with E-state index in [0.717, 1.165) is 13.1 Å². The van der Waals surface area contributed by atoms with Crippen LogP contribution >= 0.6 is 0 Å². The molecule has 1 fully saturated rings. The second kappa shape index (κ2) is 8.66. The first-order valence-corrected chi connectivity index (χ1v) is 9.38. The van der Waals surface area contributed by atoms with Crippen LogP contribution in [0.25, 0.3) is 0 Å². The highest BCUT2D eigenvalue weighted by molar-refractivity contribution is 5.91. The Labute approximate surface area is 161 Å². The molecule has 0 aliphatic carbocycles. The predicted molar refractivity (Wildman–Crippen MR) is 111 cm³/mol. The topological polar surface area (TPSA) is 48.1 Å². The Kier molecular flexibility index (Phi) is 6.06. The van der Waals surface area contributed by atoms with Crippen LogP contribution in [0.5, 0.6) is 5.75 Å². The van der Waals surface area contributed by atoms with Gasteiger partial charge in [-0.1, -0.05) is 12.1 Å². The summed E-state index contributed by atoms with van der Waals surface area (Å²) in [6, 6.07) is 16.0. The number of amides is 2. The van der Waals surface area contributed by atoms with Gasteiger partial charge in [-0.15, -0.1) is 0 Å². The molecule has 2 amide bonds. The van der Waals surface area contributed by atoms with Crippen LogP contribution in [0.4, 0.5) is 21.9 Å². The van der Waals surface area contributed by atoms with Gasteiger partial charge in [-0.2, -0.15) is 0 Å². The number of anilines is 3. The van der Waals surface area contributed by atoms with Crippen LogP contribution in [0.3, 0.4) is 0 Å². The monoisotopic (exact) mass is 368 g/mol. The van der Waals surface area contributed by atoms with Crippen LogP contribution in [0.15, 0.2) is 48.5 Å². The summed E-state index contributed by atoms with van der Waals surface area (Å²) in [4.78, 5) is 18.9. The summed E-state index contributed by atoms with van der Waals surface area (Å²) in [5.74, 6) is 0.702. The maximum Gasteiger partial charge on any atom is 0.322 e. The maximum absolute atomic E-state index is 12.6. The van der Waals surface area contributed by atoms with E-state index in [9.17, 15) is 4.79 Å². The van der Waals surface area contributed by atoms with Crippen molar-refractivity contribution < 1.29 is 9.53 Å². The smallest absolute Gasteiger partial charge is 0.322 e. The van der Waals surface area contributed by atoms with Crippen LogP contribution in [0, 0.1) is 0 Å². The molecule has 2 aromatic rings. The van der Waals surface area contributed by atoms with E-state index in [4.69, 9.17) is 4.74 Å². The quantitative estimate of drug-likeness (QED) is 0.877. The van der Waals surface area contributed by atoms with Crippen LogP contribution in [-0.4, -0.2) is 57.8 Å². The molecule has 1 heterocycles. The van der Waals surface area contributed by atoms with E-state index in [1.165, 1.54) is 11.4 Å². The van der Waals surface area contributed by atoms with E-state index in [0.29, 0.717) is 31.1 Å². The second-order valence-corrected chi connectivity index (χ2v) is 6.74. The number of carbonyl (C=O) groups excluding carboxylic acids is 1. The number of benzene rings is 2. The molecule has 0 bridgehead atoms. The number of rotatable bonds is 5. The zero-order valence-electron chi connectivity index (χ0n) is 16.3. The fraction of sp³-hybridized carbons (Fsp3) is 0.381. The summed E-state index contributed by atoms with van der Waals surface area (Å²) in [6.45, 7) is 5.53. The molecule has 0 unspecified atom stereocenters. The predicted octanol–water partition coefficient (Wildman–Crippen LogP) is 3.51. The van der Waals surface area contributed by atoms with Crippen molar-refractivity contribution in [2.75, 3.05) is 62.0 Å². The van der Waals surface area contributed by atoms with E-state index in [1.807, 2.05) is 50.2 Å². The Morgan fingerprint density at radius 1 is 1.04 bits per heavy atom. The van der Waals surface area contributed by atoms with Crippen molar-refractivity contribution in [1.29, 1.82) is 0 Å². The number of hydrogen-bond donors (Lipinski definition) is 1. The SMILES string of the molecule is CCOc1ccccc1NC(=O)N1CCN(c2ccc(N(C)C)cc2)CC1. The molecule has 144 valence electrons. The molecule has 0 aromatic heterocycles. The second-order valence-electron chi connectivity index (χ2n) is 6.74. The summed E-state index contributed by atoms with van der Waals surface area (Å²) in [7, 11) is 4.08. The van der Waals surface area contributed by atoms with Gasteiger partial charge in [0, 0.05) is 51.6 Å². The number of hydrogen-bond acceptors (Lipinski definition) is 4. The summed E-state index contributed by atoms with van der Waals surface area (Å²) in [6.07, 6.45) is 0. The lowest BCUT2D eigenvalue weighted by molar-refractivity contribution is 0.208. The van der Waals surface area contributed by atoms with Crippen molar-refractivity contribution in [2.24, 2.45) is 0 Å². The minimum Gasteiger partial charge on any atom is -0.492 e. The van der Waals surface area contributed by atoms with Gasteiger partial charge in [0.05, 0.1) is 12.3 Å². The van der Waals surface area contributed by atoms with Gasteiger partial charge in [0.2, 0.25) is 0 Å². The number of nitrogens with zero attached hydrogens (tertiary/aromatic N) is 3. The molecule has 0 atom stereocenters. The molecule has 1 N–H and O–H groups in total. The lowest BCUT2D eigenvalue weighted by atomic mass is 10.2. The third-order valence-electron chi connectivity index (χ3n) is 4.73. The van der Waals surface area contributed by atoms with Gasteiger partial charge in [-0.3, -0.25) is 0 Å². The highest BCUT2D eigenvalue weighted by Crippen LogP contribution is 2.25. The van der Waals surface area contributed by atoms with E-state index in [2.05, 4.69) is 39.4 Å². The first kappa shape index (κ1) is 18.9. The third kappa shape index (κ3) is 4.64. The number of nitrogens with one attached hydrogen (secondary N) is 1. The summed E-state index contributed by atoms with van der Waals surface area (Å²) in [5, 5.41) is 2.98. The Morgan fingerprint density at radius 2 is 1.70 bits per heavy atom. The van der Waals surface area contributed by atoms with Gasteiger partial charge >= 0.3 is 6.03 Å². The molecule has 6 nitrogen and oxygen atoms in total. The lowest BCUT2D eigenvalue weighted by Gasteiger charge is -2.36. The Balaban J connectivity index is 1.56. The summed E-state index contributed by atoms with van der Waals surface area (Å²) >= 11 is 0. The van der Waals surface area contributed by atoms with E-state index in [1.54, 1.807) is 0 Å². The average Bonchev–Trinajstić information content (AvgIpc) is 2.70. The number of carbonyl (C=O) groups is 1. The zero-order valence-corrected chi connectivity index (χ0v) is 16.3. The molecular weight excluding hydrogens is 340 g/mol. The molecule has 1 aliphatic heterocycles. The van der Waals surface area contributed by atoms with Crippen molar-refractivity contribution in [3.63, 3.8) is 0 Å². The van der Waals surface area contributed by atoms with E-state index >= 15 is 0 Å². The van der Waals surface area contributed by atoms with Crippen molar-refractivity contribution >= 4 is 23.1 Å². The zero-order chi connectivity index (χ0) is 19.2. The minimum absolute atomic E-state index is 0.0789. The van der Waals surface area contributed by atoms with Crippen LogP contribution in [-0.2, 0) is 0 Å². The summed E-state index contributed by atoms with van der Waals surface area (Å²) < 4.78 is 5.58. The molecule has 1 aliphatic rings. The van der Waals surface area contributed by atoms with Crippen LogP contribution in [0.2, 0.25) is 0 Å². The minimum atomic E-state index is -0.0789. The summed E-state index contributed by atoms with van der Waals surface area (Å²) in [5.41, 5.74) is 3.10. The van der Waals surface area contributed by atoms with Crippen molar-refractivity contribution in [3.05, 3.63) is 48.5 Å². The van der Waals surface area contributed by atoms with Crippen molar-refractivity contribution in [3.8, 4) is 5.75 Å². The van der Waals surface area contributed by atoms with E-state index in [-0.39, 0.29) is 6.03 Å². The normalized spacial score (nSPS) is 14.0. The molecule has 3 rings (SSSR count). The van der Waals surface area contributed by atoms with Gasteiger partial charge in [-0.05, 0) is 43.3 Å². The van der Waals surface area contributed by atoms with Crippen LogP contribution < -0.4 is 19.9 Å². The average molecular weight is 368 g/mol. The molecule has 2 aromatic carbocycles. The number of ether oxygens (including phenoxy) is 1. The van der Waals surface area contributed by atoms with E-state index < -0.39 is 0 Å². The Morgan fingerprint density at radius 3 is 2.33 bits per heavy atom.